The number of carbonyl (C=O) groups is 1. The van der Waals surface area contributed by atoms with Crippen LogP contribution in [-0.2, 0) is 23.1 Å². The van der Waals surface area contributed by atoms with Crippen molar-refractivity contribution in [1.29, 1.82) is 0 Å². The molecule has 1 fully saturated rings. The number of hydrogen-bond acceptors (Lipinski definition) is 5. The van der Waals surface area contributed by atoms with Gasteiger partial charge in [0.25, 0.3) is 5.56 Å². The zero-order valence-electron chi connectivity index (χ0n) is 16.4. The molecule has 8 nitrogen and oxygen atoms in total. The van der Waals surface area contributed by atoms with Gasteiger partial charge >= 0.3 is 0 Å². The Morgan fingerprint density at radius 2 is 2.00 bits per heavy atom. The van der Waals surface area contributed by atoms with Crippen LogP contribution in [0.15, 0.2) is 23.0 Å². The summed E-state index contributed by atoms with van der Waals surface area (Å²) in [5.74, 6) is 1.18. The minimum Gasteiger partial charge on any atom is -0.369 e. The van der Waals surface area contributed by atoms with Gasteiger partial charge in [-0.25, -0.2) is 9.97 Å². The number of nitrogens with zero attached hydrogens (tertiary/aromatic N) is 3. The molecule has 0 atom stereocenters. The average molecular weight is 392 g/mol. The number of fused-ring (bicyclic) bond motifs is 3. The van der Waals surface area contributed by atoms with Gasteiger partial charge in [0.15, 0.2) is 0 Å². The van der Waals surface area contributed by atoms with E-state index >= 15 is 0 Å². The van der Waals surface area contributed by atoms with Crippen LogP contribution in [-0.4, -0.2) is 43.8 Å². The number of carbonyl (C=O) groups excluding carboxylic acids is 1. The van der Waals surface area contributed by atoms with Gasteiger partial charge < -0.3 is 15.6 Å². The molecule has 1 aliphatic carbocycles. The molecule has 0 bridgehead atoms. The lowest BCUT2D eigenvalue weighted by Crippen LogP contribution is -2.45. The van der Waals surface area contributed by atoms with Crippen molar-refractivity contribution in [3.63, 3.8) is 0 Å². The molecule has 2 aromatic heterocycles. The topological polar surface area (TPSA) is 121 Å². The minimum atomic E-state index is -0.124. The molecule has 1 aliphatic heterocycles. The molecule has 0 unspecified atom stereocenters. The molecular weight excluding hydrogens is 368 g/mol. The average Bonchev–Trinajstić information content (AvgIpc) is 3.22. The predicted octanol–water partition coefficient (Wildman–Crippen LogP) is 1.59. The van der Waals surface area contributed by atoms with Crippen molar-refractivity contribution in [3.05, 3.63) is 51.2 Å². The van der Waals surface area contributed by atoms with Crippen LogP contribution in [0.5, 0.6) is 0 Å². The number of H-pyrrole nitrogens is 2. The van der Waals surface area contributed by atoms with Crippen LogP contribution >= 0.6 is 0 Å². The number of aromatic amines is 2. The monoisotopic (exact) mass is 392 g/mol. The van der Waals surface area contributed by atoms with E-state index in [4.69, 9.17) is 5.73 Å². The van der Waals surface area contributed by atoms with E-state index in [9.17, 15) is 9.59 Å². The third kappa shape index (κ3) is 2.99. The number of rotatable bonds is 2. The first-order valence-corrected chi connectivity index (χ1v) is 10.1. The lowest BCUT2D eigenvalue weighted by molar-refractivity contribution is -0.132. The molecule has 29 heavy (non-hydrogen) atoms. The maximum atomic E-state index is 12.9. The molecule has 1 amide bonds. The number of piperidine rings is 1. The smallest absolute Gasteiger partial charge is 0.255 e. The Kier molecular flexibility index (Phi) is 3.97. The number of aromatic nitrogens is 4. The van der Waals surface area contributed by atoms with Crippen LogP contribution < -0.4 is 11.3 Å². The number of nitrogens with two attached hydrogens (primary N) is 1. The number of anilines is 1. The summed E-state index contributed by atoms with van der Waals surface area (Å²) in [4.78, 5) is 41.7. The van der Waals surface area contributed by atoms with Crippen molar-refractivity contribution >= 4 is 22.9 Å². The fraction of sp³-hybridized carbons (Fsp3) is 0.429. The molecule has 1 saturated heterocycles. The van der Waals surface area contributed by atoms with E-state index in [0.717, 1.165) is 59.4 Å². The molecule has 5 rings (SSSR count). The molecule has 4 N–H and O–H groups in total. The number of benzene rings is 1. The number of hydrogen-bond donors (Lipinski definition) is 3. The predicted molar refractivity (Wildman–Crippen MR) is 110 cm³/mol. The van der Waals surface area contributed by atoms with Gasteiger partial charge in [-0.2, -0.15) is 0 Å². The zero-order valence-corrected chi connectivity index (χ0v) is 16.4. The maximum absolute atomic E-state index is 12.9. The summed E-state index contributed by atoms with van der Waals surface area (Å²) in [5.41, 5.74) is 10.0. The first-order valence-electron chi connectivity index (χ1n) is 10.1. The van der Waals surface area contributed by atoms with Gasteiger partial charge in [0.05, 0.1) is 23.1 Å². The molecule has 1 aromatic carbocycles. The van der Waals surface area contributed by atoms with Gasteiger partial charge in [-0.3, -0.25) is 14.6 Å². The summed E-state index contributed by atoms with van der Waals surface area (Å²) in [7, 11) is 0. The van der Waals surface area contributed by atoms with Crippen LogP contribution in [0.1, 0.15) is 41.9 Å². The summed E-state index contributed by atoms with van der Waals surface area (Å²) >= 11 is 0. The number of nitrogen functional groups attached to an aromatic ring is 1. The Bertz CT molecular complexity index is 1170. The van der Waals surface area contributed by atoms with E-state index < -0.39 is 0 Å². The van der Waals surface area contributed by atoms with Crippen molar-refractivity contribution in [3.8, 4) is 0 Å². The Morgan fingerprint density at radius 1 is 1.21 bits per heavy atom. The van der Waals surface area contributed by atoms with Crippen molar-refractivity contribution < 1.29 is 4.79 Å². The molecule has 2 aliphatic rings. The normalized spacial score (nSPS) is 17.8. The van der Waals surface area contributed by atoms with E-state index in [1.54, 1.807) is 0 Å². The fourth-order valence-electron chi connectivity index (χ4n) is 4.92. The molecule has 0 saturated carbocycles. The van der Waals surface area contributed by atoms with Gasteiger partial charge in [0, 0.05) is 24.1 Å². The van der Waals surface area contributed by atoms with Gasteiger partial charge in [0.2, 0.25) is 11.9 Å². The van der Waals surface area contributed by atoms with Gasteiger partial charge in [-0.15, -0.1) is 0 Å². The molecule has 1 spiro atoms. The van der Waals surface area contributed by atoms with Crippen LogP contribution in [0.3, 0.4) is 0 Å². The first kappa shape index (κ1) is 17.9. The Morgan fingerprint density at radius 3 is 2.79 bits per heavy atom. The number of nitrogens with one attached hydrogen (secondary N) is 2. The molecule has 150 valence electrons. The van der Waals surface area contributed by atoms with Crippen LogP contribution in [0.25, 0.3) is 11.0 Å². The van der Waals surface area contributed by atoms with E-state index in [1.165, 1.54) is 0 Å². The standard InChI is InChI=1S/C21H24N6O2/c1-12-23-15-3-2-13(10-16(15)24-12)11-17(28)27-8-6-21(7-9-27)5-4-14-18(21)25-20(22)26-19(14)29/h2-3,10H,4-9,11H2,1H3,(H,23,24)(H3,22,25,26,29). The lowest BCUT2D eigenvalue weighted by atomic mass is 9.76. The van der Waals surface area contributed by atoms with Gasteiger partial charge in [-0.05, 0) is 50.3 Å². The number of amides is 1. The summed E-state index contributed by atoms with van der Waals surface area (Å²) in [6.07, 6.45) is 3.65. The van der Waals surface area contributed by atoms with E-state index in [2.05, 4.69) is 19.9 Å². The highest BCUT2D eigenvalue weighted by Crippen LogP contribution is 2.44. The summed E-state index contributed by atoms with van der Waals surface area (Å²) < 4.78 is 0. The molecular formula is C21H24N6O2. The second-order valence-corrected chi connectivity index (χ2v) is 8.29. The largest absolute Gasteiger partial charge is 0.369 e. The van der Waals surface area contributed by atoms with Gasteiger partial charge in [0.1, 0.15) is 5.82 Å². The summed E-state index contributed by atoms with van der Waals surface area (Å²) in [5, 5.41) is 0. The number of imidazole rings is 1. The SMILES string of the molecule is Cc1nc2ccc(CC(=O)N3CCC4(CCc5c4nc(N)[nH]c5=O)CC3)cc2[nH]1. The quantitative estimate of drug-likeness (QED) is 0.611. The highest BCUT2D eigenvalue weighted by atomic mass is 16.2. The Balaban J connectivity index is 1.30. The number of aryl methyl sites for hydroxylation is 1. The first-order chi connectivity index (χ1) is 13.9. The molecule has 0 radical (unpaired) electrons. The van der Waals surface area contributed by atoms with Crippen molar-refractivity contribution in [2.75, 3.05) is 18.8 Å². The van der Waals surface area contributed by atoms with E-state index in [0.29, 0.717) is 19.5 Å². The van der Waals surface area contributed by atoms with Gasteiger partial charge in [-0.1, -0.05) is 6.07 Å². The molecule has 8 heteroatoms. The van der Waals surface area contributed by atoms with Crippen LogP contribution in [0.2, 0.25) is 0 Å². The fourth-order valence-corrected chi connectivity index (χ4v) is 4.92. The third-order valence-electron chi connectivity index (χ3n) is 6.48. The second kappa shape index (κ2) is 6.43. The zero-order chi connectivity index (χ0) is 20.2. The Hall–Kier alpha value is -3.16. The number of likely N-dealkylation sites (tertiary alicyclic amines) is 1. The van der Waals surface area contributed by atoms with Crippen molar-refractivity contribution in [1.82, 2.24) is 24.8 Å². The molecule has 3 heterocycles. The highest BCUT2D eigenvalue weighted by Gasteiger charge is 2.44. The summed E-state index contributed by atoms with van der Waals surface area (Å²) in [6, 6.07) is 5.93. The van der Waals surface area contributed by atoms with E-state index in [1.807, 2.05) is 30.0 Å². The molecule has 3 aromatic rings. The maximum Gasteiger partial charge on any atom is 0.255 e. The van der Waals surface area contributed by atoms with Crippen LogP contribution in [0.4, 0.5) is 5.95 Å². The van der Waals surface area contributed by atoms with E-state index in [-0.39, 0.29) is 22.8 Å². The lowest BCUT2D eigenvalue weighted by Gasteiger charge is -2.39. The Labute approximate surface area is 167 Å². The second-order valence-electron chi connectivity index (χ2n) is 8.29. The van der Waals surface area contributed by atoms with Crippen molar-refractivity contribution in [2.24, 2.45) is 0 Å². The highest BCUT2D eigenvalue weighted by molar-refractivity contribution is 5.82. The van der Waals surface area contributed by atoms with Crippen molar-refractivity contribution in [2.45, 2.75) is 44.4 Å². The summed E-state index contributed by atoms with van der Waals surface area (Å²) in [6.45, 7) is 3.28. The van der Waals surface area contributed by atoms with Crippen LogP contribution in [0, 0.1) is 6.92 Å². The third-order valence-corrected chi connectivity index (χ3v) is 6.48. The minimum absolute atomic E-state index is 0.118.